The number of amides is 2. The van der Waals surface area contributed by atoms with Crippen molar-refractivity contribution >= 4 is 17.6 Å². The van der Waals surface area contributed by atoms with Crippen LogP contribution in [0.4, 0.5) is 18.0 Å². The van der Waals surface area contributed by atoms with Gasteiger partial charge in [0, 0.05) is 12.1 Å². The van der Waals surface area contributed by atoms with Crippen molar-refractivity contribution in [1.82, 2.24) is 10.6 Å². The molecule has 1 rings (SSSR count). The van der Waals surface area contributed by atoms with E-state index in [1.807, 2.05) is 5.32 Å². The lowest BCUT2D eigenvalue weighted by molar-refractivity contribution is -0.154. The smallest absolute Gasteiger partial charge is 0.341 e. The van der Waals surface area contributed by atoms with E-state index in [2.05, 4.69) is 5.32 Å². The molecule has 1 aromatic rings. The van der Waals surface area contributed by atoms with E-state index in [0.29, 0.717) is 5.02 Å². The summed E-state index contributed by atoms with van der Waals surface area (Å²) in [5, 5.41) is 4.23. The zero-order valence-electron chi connectivity index (χ0n) is 8.81. The summed E-state index contributed by atoms with van der Waals surface area (Å²) in [7, 11) is 1.24. The summed E-state index contributed by atoms with van der Waals surface area (Å²) in [5.41, 5.74) is -0.0782. The highest BCUT2D eigenvalue weighted by Crippen LogP contribution is 2.32. The van der Waals surface area contributed by atoms with Crippen molar-refractivity contribution in [2.45, 2.75) is 12.2 Å². The van der Waals surface area contributed by atoms with E-state index < -0.39 is 18.2 Å². The van der Waals surface area contributed by atoms with Crippen LogP contribution in [-0.2, 0) is 0 Å². The Labute approximate surface area is 101 Å². The van der Waals surface area contributed by atoms with Gasteiger partial charge in [-0.05, 0) is 17.7 Å². The monoisotopic (exact) mass is 266 g/mol. The second kappa shape index (κ2) is 5.27. The van der Waals surface area contributed by atoms with E-state index in [1.165, 1.54) is 31.3 Å². The number of halogens is 4. The van der Waals surface area contributed by atoms with Gasteiger partial charge < -0.3 is 10.6 Å². The van der Waals surface area contributed by atoms with Gasteiger partial charge in [0.1, 0.15) is 0 Å². The Balaban J connectivity index is 2.98. The largest absolute Gasteiger partial charge is 0.412 e. The Bertz CT molecular complexity index is 392. The summed E-state index contributed by atoms with van der Waals surface area (Å²) in [4.78, 5) is 11.0. The SMILES string of the molecule is CNC(=O)N[C@H](c1ccc(Cl)cc1)C(F)(F)F. The molecule has 0 bridgehead atoms. The van der Waals surface area contributed by atoms with Gasteiger partial charge in [-0.1, -0.05) is 23.7 Å². The van der Waals surface area contributed by atoms with Crippen LogP contribution in [0.3, 0.4) is 0 Å². The molecule has 0 aliphatic heterocycles. The van der Waals surface area contributed by atoms with E-state index in [1.54, 1.807) is 0 Å². The topological polar surface area (TPSA) is 41.1 Å². The first-order chi connectivity index (χ1) is 7.84. The van der Waals surface area contributed by atoms with Gasteiger partial charge in [0.25, 0.3) is 0 Å². The number of carbonyl (C=O) groups is 1. The second-order valence-corrected chi connectivity index (χ2v) is 3.69. The third-order valence-corrected chi connectivity index (χ3v) is 2.29. The van der Waals surface area contributed by atoms with Crippen LogP contribution < -0.4 is 10.6 Å². The summed E-state index contributed by atoms with van der Waals surface area (Å²) >= 11 is 5.58. The van der Waals surface area contributed by atoms with Crippen LogP contribution in [0.5, 0.6) is 0 Å². The molecule has 3 nitrogen and oxygen atoms in total. The van der Waals surface area contributed by atoms with Gasteiger partial charge in [-0.2, -0.15) is 13.2 Å². The number of hydrogen-bond acceptors (Lipinski definition) is 1. The Morgan fingerprint density at radius 2 is 1.82 bits per heavy atom. The minimum atomic E-state index is -4.57. The lowest BCUT2D eigenvalue weighted by atomic mass is 10.1. The van der Waals surface area contributed by atoms with Gasteiger partial charge in [-0.15, -0.1) is 0 Å². The number of alkyl halides is 3. The molecule has 0 aliphatic carbocycles. The van der Waals surface area contributed by atoms with Crippen molar-refractivity contribution in [2.24, 2.45) is 0 Å². The maximum Gasteiger partial charge on any atom is 0.412 e. The molecule has 0 heterocycles. The number of rotatable bonds is 2. The maximum atomic E-state index is 12.7. The second-order valence-electron chi connectivity index (χ2n) is 3.25. The van der Waals surface area contributed by atoms with Crippen LogP contribution in [0.15, 0.2) is 24.3 Å². The summed E-state index contributed by atoms with van der Waals surface area (Å²) in [6, 6.07) is 2.15. The molecule has 94 valence electrons. The Kier molecular flexibility index (Phi) is 4.22. The molecule has 2 N–H and O–H groups in total. The molecule has 0 unspecified atom stereocenters. The molecule has 2 amide bonds. The van der Waals surface area contributed by atoms with Crippen LogP contribution >= 0.6 is 11.6 Å². The molecule has 7 heteroatoms. The third-order valence-electron chi connectivity index (χ3n) is 2.03. The van der Waals surface area contributed by atoms with Crippen molar-refractivity contribution in [2.75, 3.05) is 7.05 Å². The average Bonchev–Trinajstić information content (AvgIpc) is 2.25. The number of urea groups is 1. The molecule has 0 aromatic heterocycles. The lowest BCUT2D eigenvalue weighted by Crippen LogP contribution is -2.42. The maximum absolute atomic E-state index is 12.7. The van der Waals surface area contributed by atoms with E-state index in [9.17, 15) is 18.0 Å². The van der Waals surface area contributed by atoms with Crippen molar-refractivity contribution in [3.8, 4) is 0 Å². The first-order valence-corrected chi connectivity index (χ1v) is 5.03. The quantitative estimate of drug-likeness (QED) is 0.849. The Hall–Kier alpha value is -1.43. The van der Waals surface area contributed by atoms with E-state index in [-0.39, 0.29) is 5.56 Å². The molecular formula is C10H10ClF3N2O. The number of hydrogen-bond donors (Lipinski definition) is 2. The molecule has 1 aromatic carbocycles. The minimum Gasteiger partial charge on any atom is -0.341 e. The predicted molar refractivity (Wildman–Crippen MR) is 57.8 cm³/mol. The van der Waals surface area contributed by atoms with Crippen LogP contribution in [-0.4, -0.2) is 19.3 Å². The highest BCUT2D eigenvalue weighted by atomic mass is 35.5. The summed E-state index contributed by atoms with van der Waals surface area (Å²) in [6.07, 6.45) is -4.57. The van der Waals surface area contributed by atoms with Gasteiger partial charge in [-0.25, -0.2) is 4.79 Å². The average molecular weight is 267 g/mol. The molecular weight excluding hydrogens is 257 g/mol. The van der Waals surface area contributed by atoms with E-state index >= 15 is 0 Å². The van der Waals surface area contributed by atoms with Crippen molar-refractivity contribution in [1.29, 1.82) is 0 Å². The Morgan fingerprint density at radius 3 is 2.24 bits per heavy atom. The van der Waals surface area contributed by atoms with Gasteiger partial charge >= 0.3 is 12.2 Å². The minimum absolute atomic E-state index is 0.0782. The highest BCUT2D eigenvalue weighted by Gasteiger charge is 2.41. The molecule has 0 fully saturated rings. The molecule has 1 atom stereocenters. The molecule has 0 spiro atoms. The first-order valence-electron chi connectivity index (χ1n) is 4.65. The van der Waals surface area contributed by atoms with Crippen molar-refractivity contribution < 1.29 is 18.0 Å². The Morgan fingerprint density at radius 1 is 1.29 bits per heavy atom. The highest BCUT2D eigenvalue weighted by molar-refractivity contribution is 6.30. The van der Waals surface area contributed by atoms with Crippen LogP contribution in [0.25, 0.3) is 0 Å². The molecule has 0 saturated heterocycles. The van der Waals surface area contributed by atoms with E-state index in [0.717, 1.165) is 0 Å². The van der Waals surface area contributed by atoms with Gasteiger partial charge in [0.05, 0.1) is 0 Å². The fourth-order valence-corrected chi connectivity index (χ4v) is 1.34. The lowest BCUT2D eigenvalue weighted by Gasteiger charge is -2.21. The normalized spacial score (nSPS) is 13.0. The first kappa shape index (κ1) is 13.6. The fraction of sp³-hybridized carbons (Fsp3) is 0.300. The number of carbonyl (C=O) groups excluding carboxylic acids is 1. The molecule has 0 radical (unpaired) electrons. The van der Waals surface area contributed by atoms with Crippen LogP contribution in [0.1, 0.15) is 11.6 Å². The van der Waals surface area contributed by atoms with Gasteiger partial charge in [0.2, 0.25) is 0 Å². The zero-order chi connectivity index (χ0) is 13.1. The van der Waals surface area contributed by atoms with Crippen LogP contribution in [0.2, 0.25) is 5.02 Å². The summed E-state index contributed by atoms with van der Waals surface area (Å²) in [6.45, 7) is 0. The molecule has 0 aliphatic rings. The molecule has 17 heavy (non-hydrogen) atoms. The van der Waals surface area contributed by atoms with Crippen molar-refractivity contribution in [3.05, 3.63) is 34.9 Å². The standard InChI is InChI=1S/C10H10ClF3N2O/c1-15-9(17)16-8(10(12,13)14)6-2-4-7(11)5-3-6/h2-5,8H,1H3,(H2,15,16,17)/t8-/m1/s1. The van der Waals surface area contributed by atoms with E-state index in [4.69, 9.17) is 11.6 Å². The summed E-state index contributed by atoms with van der Waals surface area (Å²) in [5.74, 6) is 0. The van der Waals surface area contributed by atoms with Gasteiger partial charge in [0.15, 0.2) is 6.04 Å². The summed E-state index contributed by atoms with van der Waals surface area (Å²) < 4.78 is 38.2. The van der Waals surface area contributed by atoms with Crippen LogP contribution in [0, 0.1) is 0 Å². The van der Waals surface area contributed by atoms with Gasteiger partial charge in [-0.3, -0.25) is 0 Å². The van der Waals surface area contributed by atoms with Crippen molar-refractivity contribution in [3.63, 3.8) is 0 Å². The predicted octanol–water partition coefficient (Wildman–Crippen LogP) is 2.87. The number of benzene rings is 1. The fourth-order valence-electron chi connectivity index (χ4n) is 1.21. The third kappa shape index (κ3) is 3.81. The molecule has 0 saturated carbocycles. The number of nitrogens with one attached hydrogen (secondary N) is 2. The zero-order valence-corrected chi connectivity index (χ0v) is 9.56.